The molecule has 0 aliphatic carbocycles. The summed E-state index contributed by atoms with van der Waals surface area (Å²) >= 11 is 0. The van der Waals surface area contributed by atoms with Crippen molar-refractivity contribution in [1.29, 1.82) is 0 Å². The van der Waals surface area contributed by atoms with E-state index in [9.17, 15) is 14.4 Å². The van der Waals surface area contributed by atoms with Crippen LogP contribution in [0.15, 0.2) is 36.0 Å². The van der Waals surface area contributed by atoms with Gasteiger partial charge in [0.15, 0.2) is 5.57 Å². The number of benzene rings is 1. The van der Waals surface area contributed by atoms with Crippen LogP contribution >= 0.6 is 0 Å². The lowest BCUT2D eigenvalue weighted by molar-refractivity contribution is -0.222. The number of anilines is 2. The number of ether oxygens (including phenoxy) is 2. The highest BCUT2D eigenvalue weighted by Crippen LogP contribution is 2.24. The van der Waals surface area contributed by atoms with E-state index < -0.39 is 17.7 Å². The minimum Gasteiger partial charge on any atom is -0.419 e. The van der Waals surface area contributed by atoms with E-state index in [2.05, 4.69) is 10.6 Å². The molecule has 0 atom stereocenters. The molecule has 0 spiro atoms. The van der Waals surface area contributed by atoms with Gasteiger partial charge < -0.3 is 20.1 Å². The van der Waals surface area contributed by atoms with Crippen molar-refractivity contribution >= 4 is 29.3 Å². The third-order valence-electron chi connectivity index (χ3n) is 3.51. The fourth-order valence-electron chi connectivity index (χ4n) is 2.42. The smallest absolute Gasteiger partial charge is 0.350 e. The predicted molar refractivity (Wildman–Crippen MR) is 85.2 cm³/mol. The normalized spacial score (nSPS) is 19.5. The van der Waals surface area contributed by atoms with E-state index >= 15 is 0 Å². The van der Waals surface area contributed by atoms with Gasteiger partial charge in [0.1, 0.15) is 0 Å². The molecule has 126 valence electrons. The van der Waals surface area contributed by atoms with E-state index in [4.69, 9.17) is 9.47 Å². The first-order chi connectivity index (χ1) is 11.4. The Morgan fingerprint density at radius 2 is 1.92 bits per heavy atom. The Kier molecular flexibility index (Phi) is 3.88. The molecule has 0 unspecified atom stereocenters. The number of esters is 2. The molecule has 2 aliphatic rings. The van der Waals surface area contributed by atoms with Gasteiger partial charge >= 0.3 is 18.0 Å². The number of urea groups is 1. The average Bonchev–Trinajstić information content (AvgIpc) is 2.91. The Morgan fingerprint density at radius 1 is 1.21 bits per heavy atom. The number of carbonyl (C=O) groups is 3. The molecular weight excluding hydrogens is 314 g/mol. The Hall–Kier alpha value is -3.03. The van der Waals surface area contributed by atoms with Crippen molar-refractivity contribution in [3.63, 3.8) is 0 Å². The van der Waals surface area contributed by atoms with E-state index in [1.54, 1.807) is 29.2 Å². The van der Waals surface area contributed by atoms with Crippen molar-refractivity contribution in [1.82, 2.24) is 5.32 Å². The molecule has 2 heterocycles. The summed E-state index contributed by atoms with van der Waals surface area (Å²) < 4.78 is 10.0. The largest absolute Gasteiger partial charge is 0.419 e. The minimum atomic E-state index is -1.27. The molecule has 2 N–H and O–H groups in total. The van der Waals surface area contributed by atoms with Gasteiger partial charge in [-0.1, -0.05) is 6.07 Å². The van der Waals surface area contributed by atoms with E-state index in [1.165, 1.54) is 20.0 Å². The van der Waals surface area contributed by atoms with Gasteiger partial charge in [-0.05, 0) is 18.2 Å². The first-order valence-corrected chi connectivity index (χ1v) is 7.44. The first kappa shape index (κ1) is 15.9. The second-order valence-corrected chi connectivity index (χ2v) is 5.82. The lowest BCUT2D eigenvalue weighted by Crippen LogP contribution is -2.42. The Balaban J connectivity index is 1.76. The molecule has 8 heteroatoms. The molecule has 2 fully saturated rings. The molecule has 1 aromatic carbocycles. The SMILES string of the molecule is CC1(C)OC(=O)C(=CNc2cccc(N3CCNC3=O)c2)C(=O)O1. The Labute approximate surface area is 138 Å². The van der Waals surface area contributed by atoms with Gasteiger partial charge in [0, 0.05) is 44.5 Å². The summed E-state index contributed by atoms with van der Waals surface area (Å²) in [5.41, 5.74) is 1.10. The lowest BCUT2D eigenvalue weighted by Gasteiger charge is -2.29. The van der Waals surface area contributed by atoms with Gasteiger partial charge in [0.25, 0.3) is 5.79 Å². The highest BCUT2D eigenvalue weighted by Gasteiger charge is 2.38. The van der Waals surface area contributed by atoms with Crippen LogP contribution in [0.5, 0.6) is 0 Å². The first-order valence-electron chi connectivity index (χ1n) is 7.44. The van der Waals surface area contributed by atoms with Crippen molar-refractivity contribution in [2.75, 3.05) is 23.3 Å². The van der Waals surface area contributed by atoms with Crippen LogP contribution in [-0.2, 0) is 19.1 Å². The van der Waals surface area contributed by atoms with Crippen molar-refractivity contribution in [3.05, 3.63) is 36.0 Å². The summed E-state index contributed by atoms with van der Waals surface area (Å²) in [6, 6.07) is 6.90. The highest BCUT2D eigenvalue weighted by atomic mass is 16.7. The van der Waals surface area contributed by atoms with Gasteiger partial charge in [0.05, 0.1) is 0 Å². The van der Waals surface area contributed by atoms with Crippen molar-refractivity contribution in [2.24, 2.45) is 0 Å². The molecule has 8 nitrogen and oxygen atoms in total. The minimum absolute atomic E-state index is 0.160. The summed E-state index contributed by atoms with van der Waals surface area (Å²) in [4.78, 5) is 37.0. The van der Waals surface area contributed by atoms with Crippen LogP contribution < -0.4 is 15.5 Å². The predicted octanol–water partition coefficient (Wildman–Crippen LogP) is 1.35. The number of nitrogens with one attached hydrogen (secondary N) is 2. The molecule has 24 heavy (non-hydrogen) atoms. The summed E-state index contributed by atoms with van der Waals surface area (Å²) in [7, 11) is 0. The molecular formula is C16H17N3O5. The molecule has 0 saturated carbocycles. The number of rotatable bonds is 3. The van der Waals surface area contributed by atoms with Gasteiger partial charge in [0.2, 0.25) is 0 Å². The molecule has 2 amide bonds. The third kappa shape index (κ3) is 3.17. The van der Waals surface area contributed by atoms with Gasteiger partial charge in [-0.3, -0.25) is 4.90 Å². The van der Waals surface area contributed by atoms with Crippen LogP contribution in [0.3, 0.4) is 0 Å². The topological polar surface area (TPSA) is 97.0 Å². The highest BCUT2D eigenvalue weighted by molar-refractivity contribution is 6.15. The molecule has 2 aliphatic heterocycles. The van der Waals surface area contributed by atoms with Gasteiger partial charge in [-0.25, -0.2) is 14.4 Å². The second-order valence-electron chi connectivity index (χ2n) is 5.82. The van der Waals surface area contributed by atoms with E-state index in [0.717, 1.165) is 0 Å². The number of cyclic esters (lactones) is 2. The maximum absolute atomic E-state index is 11.9. The number of carbonyl (C=O) groups excluding carboxylic acids is 3. The van der Waals surface area contributed by atoms with Crippen molar-refractivity contribution in [2.45, 2.75) is 19.6 Å². The fourth-order valence-corrected chi connectivity index (χ4v) is 2.42. The van der Waals surface area contributed by atoms with E-state index in [0.29, 0.717) is 24.5 Å². The van der Waals surface area contributed by atoms with Gasteiger partial charge in [-0.2, -0.15) is 0 Å². The molecule has 2 saturated heterocycles. The van der Waals surface area contributed by atoms with Crippen molar-refractivity contribution < 1.29 is 23.9 Å². The van der Waals surface area contributed by atoms with Crippen molar-refractivity contribution in [3.8, 4) is 0 Å². The fraction of sp³-hybridized carbons (Fsp3) is 0.312. The molecule has 1 aromatic rings. The number of hydrogen-bond acceptors (Lipinski definition) is 6. The average molecular weight is 331 g/mol. The quantitative estimate of drug-likeness (QED) is 0.493. The molecule has 0 bridgehead atoms. The Bertz CT molecular complexity index is 719. The maximum atomic E-state index is 11.9. The number of hydrogen-bond donors (Lipinski definition) is 2. The van der Waals surface area contributed by atoms with Crippen LogP contribution in [0.1, 0.15) is 13.8 Å². The standard InChI is InChI=1S/C16H17N3O5/c1-16(2)23-13(20)12(14(21)24-16)9-18-10-4-3-5-11(8-10)19-7-6-17-15(19)22/h3-5,8-9,18H,6-7H2,1-2H3,(H,17,22). The summed E-state index contributed by atoms with van der Waals surface area (Å²) in [6.45, 7) is 4.14. The molecule has 3 rings (SSSR count). The summed E-state index contributed by atoms with van der Waals surface area (Å²) in [6.07, 6.45) is 1.24. The zero-order valence-corrected chi connectivity index (χ0v) is 13.3. The number of amides is 2. The molecule has 0 radical (unpaired) electrons. The van der Waals surface area contributed by atoms with Crippen LogP contribution in [0.4, 0.5) is 16.2 Å². The summed E-state index contributed by atoms with van der Waals surface area (Å²) in [5, 5.41) is 5.58. The van der Waals surface area contributed by atoms with Gasteiger partial charge in [-0.15, -0.1) is 0 Å². The zero-order valence-electron chi connectivity index (χ0n) is 13.3. The van der Waals surface area contributed by atoms with Crippen LogP contribution in [0, 0.1) is 0 Å². The van der Waals surface area contributed by atoms with Crippen LogP contribution in [0.25, 0.3) is 0 Å². The number of nitrogens with zero attached hydrogens (tertiary/aromatic N) is 1. The third-order valence-corrected chi connectivity index (χ3v) is 3.51. The molecule has 0 aromatic heterocycles. The summed E-state index contributed by atoms with van der Waals surface area (Å²) in [5.74, 6) is -2.77. The lowest BCUT2D eigenvalue weighted by atomic mass is 10.2. The monoisotopic (exact) mass is 331 g/mol. The van der Waals surface area contributed by atoms with E-state index in [1.807, 2.05) is 0 Å². The second kappa shape index (κ2) is 5.88. The van der Waals surface area contributed by atoms with Crippen LogP contribution in [-0.4, -0.2) is 36.8 Å². The van der Waals surface area contributed by atoms with Crippen LogP contribution in [0.2, 0.25) is 0 Å². The maximum Gasteiger partial charge on any atom is 0.350 e. The zero-order chi connectivity index (χ0) is 17.3. The Morgan fingerprint density at radius 3 is 2.54 bits per heavy atom. The van der Waals surface area contributed by atoms with E-state index in [-0.39, 0.29) is 11.6 Å².